The van der Waals surface area contributed by atoms with Crippen molar-refractivity contribution in [2.45, 2.75) is 26.8 Å². The molecule has 0 aliphatic heterocycles. The van der Waals surface area contributed by atoms with Crippen LogP contribution in [0.5, 0.6) is 5.75 Å². The molecular formula is C14H20N2O4. The molecule has 0 radical (unpaired) electrons. The smallest absolute Gasteiger partial charge is 0.337 e. The lowest BCUT2D eigenvalue weighted by atomic mass is 10.1. The van der Waals surface area contributed by atoms with Crippen molar-refractivity contribution in [2.24, 2.45) is 5.92 Å². The van der Waals surface area contributed by atoms with Gasteiger partial charge < -0.3 is 20.5 Å². The minimum absolute atomic E-state index is 0.0125. The van der Waals surface area contributed by atoms with Gasteiger partial charge in [0, 0.05) is 6.04 Å². The molecule has 0 fully saturated rings. The first-order valence-electron chi connectivity index (χ1n) is 6.34. The van der Waals surface area contributed by atoms with Crippen molar-refractivity contribution in [3.8, 4) is 5.75 Å². The first-order valence-corrected chi connectivity index (χ1v) is 6.34. The summed E-state index contributed by atoms with van der Waals surface area (Å²) in [7, 11) is 1.45. The van der Waals surface area contributed by atoms with Crippen LogP contribution in [0.25, 0.3) is 0 Å². The quantitative estimate of drug-likeness (QED) is 0.773. The third kappa shape index (κ3) is 4.15. The summed E-state index contributed by atoms with van der Waals surface area (Å²) >= 11 is 0. The van der Waals surface area contributed by atoms with Crippen LogP contribution in [-0.4, -0.2) is 30.3 Å². The van der Waals surface area contributed by atoms with Crippen LogP contribution in [0, 0.1) is 5.92 Å². The first-order chi connectivity index (χ1) is 9.35. The van der Waals surface area contributed by atoms with Crippen LogP contribution in [0.2, 0.25) is 0 Å². The molecule has 0 heterocycles. The Balaban J connectivity index is 2.86. The van der Waals surface area contributed by atoms with Gasteiger partial charge in [0.05, 0.1) is 18.4 Å². The number of amides is 2. The number of hydrogen-bond donors (Lipinski definition) is 3. The molecule has 6 heteroatoms. The van der Waals surface area contributed by atoms with Crippen molar-refractivity contribution in [3.05, 3.63) is 23.8 Å². The highest BCUT2D eigenvalue weighted by atomic mass is 16.5. The molecule has 3 N–H and O–H groups in total. The van der Waals surface area contributed by atoms with Crippen molar-refractivity contribution in [3.63, 3.8) is 0 Å². The van der Waals surface area contributed by atoms with Crippen LogP contribution < -0.4 is 15.4 Å². The van der Waals surface area contributed by atoms with E-state index in [-0.39, 0.29) is 23.2 Å². The zero-order valence-electron chi connectivity index (χ0n) is 12.1. The normalized spacial score (nSPS) is 11.8. The van der Waals surface area contributed by atoms with Crippen molar-refractivity contribution < 1.29 is 19.4 Å². The van der Waals surface area contributed by atoms with Gasteiger partial charge in [0.1, 0.15) is 5.75 Å². The number of anilines is 1. The van der Waals surface area contributed by atoms with Crippen LogP contribution >= 0.6 is 0 Å². The second-order valence-corrected chi connectivity index (χ2v) is 4.85. The van der Waals surface area contributed by atoms with E-state index in [1.54, 1.807) is 6.07 Å². The van der Waals surface area contributed by atoms with E-state index in [4.69, 9.17) is 9.84 Å². The standard InChI is InChI=1S/C14H20N2O4/c1-8(2)9(3)15-14(19)16-12-6-5-10(20-4)7-11(12)13(17)18/h5-9H,1-4H3,(H,17,18)(H2,15,16,19). The van der Waals surface area contributed by atoms with Gasteiger partial charge in [0.15, 0.2) is 0 Å². The minimum atomic E-state index is -1.13. The highest BCUT2D eigenvalue weighted by molar-refractivity contribution is 6.00. The number of benzene rings is 1. The SMILES string of the molecule is COc1ccc(NC(=O)NC(C)C(C)C)c(C(=O)O)c1. The summed E-state index contributed by atoms with van der Waals surface area (Å²) in [5, 5.41) is 14.4. The van der Waals surface area contributed by atoms with Crippen molar-refractivity contribution in [1.82, 2.24) is 5.32 Å². The number of nitrogens with one attached hydrogen (secondary N) is 2. The largest absolute Gasteiger partial charge is 0.497 e. The Morgan fingerprint density at radius 1 is 1.25 bits per heavy atom. The Kier molecular flexibility index (Phi) is 5.37. The number of ether oxygens (including phenoxy) is 1. The molecule has 1 atom stereocenters. The number of methoxy groups -OCH3 is 1. The molecule has 0 aliphatic carbocycles. The lowest BCUT2D eigenvalue weighted by Gasteiger charge is -2.18. The van der Waals surface area contributed by atoms with Crippen LogP contribution in [0.3, 0.4) is 0 Å². The molecule has 0 aromatic heterocycles. The molecule has 20 heavy (non-hydrogen) atoms. The Bertz CT molecular complexity index is 500. The number of rotatable bonds is 5. The van der Waals surface area contributed by atoms with E-state index in [1.165, 1.54) is 19.2 Å². The maximum atomic E-state index is 11.8. The third-order valence-electron chi connectivity index (χ3n) is 3.06. The number of carbonyl (C=O) groups is 2. The van der Waals surface area contributed by atoms with Crippen LogP contribution in [-0.2, 0) is 0 Å². The van der Waals surface area contributed by atoms with Gasteiger partial charge in [-0.15, -0.1) is 0 Å². The van der Waals surface area contributed by atoms with Gasteiger partial charge in [-0.2, -0.15) is 0 Å². The number of hydrogen-bond acceptors (Lipinski definition) is 3. The molecule has 0 aliphatic rings. The second kappa shape index (κ2) is 6.79. The van der Waals surface area contributed by atoms with E-state index in [9.17, 15) is 9.59 Å². The van der Waals surface area contributed by atoms with Crippen molar-refractivity contribution >= 4 is 17.7 Å². The first kappa shape index (κ1) is 15.8. The highest BCUT2D eigenvalue weighted by Crippen LogP contribution is 2.22. The van der Waals surface area contributed by atoms with Gasteiger partial charge in [0.2, 0.25) is 0 Å². The molecule has 0 saturated carbocycles. The summed E-state index contributed by atoms with van der Waals surface area (Å²) in [6, 6.07) is 4.01. The molecule has 6 nitrogen and oxygen atoms in total. The summed E-state index contributed by atoms with van der Waals surface area (Å²) in [6.07, 6.45) is 0. The molecule has 2 amide bonds. The summed E-state index contributed by atoms with van der Waals surface area (Å²) in [6.45, 7) is 5.86. The van der Waals surface area contributed by atoms with E-state index in [1.807, 2.05) is 20.8 Å². The highest BCUT2D eigenvalue weighted by Gasteiger charge is 2.15. The fourth-order valence-electron chi connectivity index (χ4n) is 1.47. The predicted octanol–water partition coefficient (Wildman–Crippen LogP) is 2.56. The van der Waals surface area contributed by atoms with Gasteiger partial charge >= 0.3 is 12.0 Å². The molecule has 1 aromatic carbocycles. The number of aromatic carboxylic acids is 1. The zero-order valence-corrected chi connectivity index (χ0v) is 12.1. The molecule has 1 unspecified atom stereocenters. The fraction of sp³-hybridized carbons (Fsp3) is 0.429. The fourth-order valence-corrected chi connectivity index (χ4v) is 1.47. The zero-order chi connectivity index (χ0) is 15.3. The molecular weight excluding hydrogens is 260 g/mol. The number of urea groups is 1. The van der Waals surface area contributed by atoms with Crippen LogP contribution in [0.4, 0.5) is 10.5 Å². The maximum absolute atomic E-state index is 11.8. The van der Waals surface area contributed by atoms with Gasteiger partial charge in [-0.1, -0.05) is 13.8 Å². The second-order valence-electron chi connectivity index (χ2n) is 4.85. The van der Waals surface area contributed by atoms with E-state index in [0.717, 1.165) is 0 Å². The van der Waals surface area contributed by atoms with E-state index in [2.05, 4.69) is 10.6 Å². The van der Waals surface area contributed by atoms with Crippen molar-refractivity contribution in [1.29, 1.82) is 0 Å². The van der Waals surface area contributed by atoms with E-state index < -0.39 is 12.0 Å². The summed E-state index contributed by atoms with van der Waals surface area (Å²) in [4.78, 5) is 23.0. The van der Waals surface area contributed by atoms with Gasteiger partial charge in [-0.3, -0.25) is 0 Å². The lowest BCUT2D eigenvalue weighted by Crippen LogP contribution is -2.39. The topological polar surface area (TPSA) is 87.7 Å². The summed E-state index contributed by atoms with van der Waals surface area (Å²) in [5.41, 5.74) is 0.212. The van der Waals surface area contributed by atoms with Gasteiger partial charge in [-0.05, 0) is 31.0 Å². The maximum Gasteiger partial charge on any atom is 0.337 e. The minimum Gasteiger partial charge on any atom is -0.497 e. The Labute approximate surface area is 118 Å². The van der Waals surface area contributed by atoms with Crippen molar-refractivity contribution in [2.75, 3.05) is 12.4 Å². The number of carboxylic acids is 1. The molecule has 110 valence electrons. The molecule has 1 rings (SSSR count). The number of carbonyl (C=O) groups excluding carboxylic acids is 1. The van der Waals surface area contributed by atoms with Crippen LogP contribution in [0.15, 0.2) is 18.2 Å². The predicted molar refractivity (Wildman–Crippen MR) is 76.4 cm³/mol. The Hall–Kier alpha value is -2.24. The average Bonchev–Trinajstić information content (AvgIpc) is 2.38. The lowest BCUT2D eigenvalue weighted by molar-refractivity contribution is 0.0697. The molecule has 1 aromatic rings. The molecule has 0 spiro atoms. The Morgan fingerprint density at radius 2 is 1.90 bits per heavy atom. The number of carboxylic acid groups (broad SMARTS) is 1. The van der Waals surface area contributed by atoms with E-state index in [0.29, 0.717) is 5.75 Å². The van der Waals surface area contributed by atoms with Crippen LogP contribution in [0.1, 0.15) is 31.1 Å². The van der Waals surface area contributed by atoms with E-state index >= 15 is 0 Å². The summed E-state index contributed by atoms with van der Waals surface area (Å²) in [5.74, 6) is -0.421. The van der Waals surface area contributed by atoms with Gasteiger partial charge in [-0.25, -0.2) is 9.59 Å². The van der Waals surface area contributed by atoms with Gasteiger partial charge in [0.25, 0.3) is 0 Å². The molecule has 0 saturated heterocycles. The third-order valence-corrected chi connectivity index (χ3v) is 3.06. The Morgan fingerprint density at radius 3 is 2.40 bits per heavy atom. The molecule has 0 bridgehead atoms. The summed E-state index contributed by atoms with van der Waals surface area (Å²) < 4.78 is 4.97. The monoisotopic (exact) mass is 280 g/mol. The average molecular weight is 280 g/mol.